The molecule has 0 spiro atoms. The number of rotatable bonds is 6. The lowest BCUT2D eigenvalue weighted by molar-refractivity contribution is 0.0845. The van der Waals surface area contributed by atoms with E-state index >= 15 is 0 Å². The fraction of sp³-hybridized carbons (Fsp3) is 1.00. The van der Waals surface area contributed by atoms with Crippen molar-refractivity contribution in [3.05, 3.63) is 0 Å². The summed E-state index contributed by atoms with van der Waals surface area (Å²) in [5.74, 6) is 0.612. The van der Waals surface area contributed by atoms with Gasteiger partial charge in [0.25, 0.3) is 0 Å². The normalized spacial score (nSPS) is 31.0. The van der Waals surface area contributed by atoms with E-state index in [9.17, 15) is 0 Å². The predicted molar refractivity (Wildman–Crippen MR) is 72.5 cm³/mol. The molecule has 0 bridgehead atoms. The Morgan fingerprint density at radius 1 is 1.06 bits per heavy atom. The summed E-state index contributed by atoms with van der Waals surface area (Å²) in [4.78, 5) is 2.63. The van der Waals surface area contributed by atoms with Crippen LogP contribution in [0.15, 0.2) is 0 Å². The van der Waals surface area contributed by atoms with E-state index in [1.54, 1.807) is 0 Å². The standard InChI is InChI=1S/C14H28N2O2/c17-7-5-12-9-13(15-6-8-18)11-16(10-12)14-3-1-2-4-14/h12-15,17-18H,1-11H2. The number of nitrogens with one attached hydrogen (secondary N) is 1. The number of piperidine rings is 1. The molecule has 0 aromatic rings. The number of aliphatic hydroxyl groups excluding tert-OH is 2. The third-order valence-electron chi connectivity index (χ3n) is 4.49. The average molecular weight is 256 g/mol. The molecule has 0 aromatic carbocycles. The van der Waals surface area contributed by atoms with Crippen LogP contribution in [-0.4, -0.2) is 60.0 Å². The third kappa shape index (κ3) is 3.92. The Morgan fingerprint density at radius 3 is 2.50 bits per heavy atom. The molecule has 18 heavy (non-hydrogen) atoms. The highest BCUT2D eigenvalue weighted by Gasteiger charge is 2.31. The number of hydrogen-bond acceptors (Lipinski definition) is 4. The van der Waals surface area contributed by atoms with Gasteiger partial charge in [0.15, 0.2) is 0 Å². The van der Waals surface area contributed by atoms with Gasteiger partial charge in [0.05, 0.1) is 6.61 Å². The van der Waals surface area contributed by atoms with E-state index < -0.39 is 0 Å². The first kappa shape index (κ1) is 14.3. The van der Waals surface area contributed by atoms with Crippen molar-refractivity contribution in [2.45, 2.75) is 50.6 Å². The molecule has 0 amide bonds. The van der Waals surface area contributed by atoms with E-state index in [-0.39, 0.29) is 6.61 Å². The van der Waals surface area contributed by atoms with Gasteiger partial charge in [0.1, 0.15) is 0 Å². The lowest BCUT2D eigenvalue weighted by Crippen LogP contribution is -2.52. The van der Waals surface area contributed by atoms with Crippen molar-refractivity contribution in [2.75, 3.05) is 32.8 Å². The van der Waals surface area contributed by atoms with Gasteiger partial charge in [-0.25, -0.2) is 0 Å². The second-order valence-electron chi connectivity index (χ2n) is 5.88. The van der Waals surface area contributed by atoms with Gasteiger partial charge in [-0.3, -0.25) is 4.90 Å². The Hall–Kier alpha value is -0.160. The maximum absolute atomic E-state index is 9.15. The smallest absolute Gasteiger partial charge is 0.0556 e. The summed E-state index contributed by atoms with van der Waals surface area (Å²) in [6, 6.07) is 1.26. The summed E-state index contributed by atoms with van der Waals surface area (Å²) in [6.07, 6.45) is 7.50. The molecule has 1 aliphatic carbocycles. The van der Waals surface area contributed by atoms with Crippen molar-refractivity contribution in [2.24, 2.45) is 5.92 Å². The average Bonchev–Trinajstić information content (AvgIpc) is 2.90. The maximum Gasteiger partial charge on any atom is 0.0556 e. The van der Waals surface area contributed by atoms with Crippen LogP contribution in [-0.2, 0) is 0 Å². The van der Waals surface area contributed by atoms with Crippen molar-refractivity contribution >= 4 is 0 Å². The van der Waals surface area contributed by atoms with Crippen LogP contribution >= 0.6 is 0 Å². The van der Waals surface area contributed by atoms with Gasteiger partial charge in [0.2, 0.25) is 0 Å². The van der Waals surface area contributed by atoms with Crippen LogP contribution in [0.5, 0.6) is 0 Å². The van der Waals surface area contributed by atoms with Crippen LogP contribution < -0.4 is 5.32 Å². The van der Waals surface area contributed by atoms with Crippen LogP contribution in [0, 0.1) is 5.92 Å². The first-order valence-electron chi connectivity index (χ1n) is 7.52. The fourth-order valence-electron chi connectivity index (χ4n) is 3.62. The Kier molecular flexibility index (Phi) is 5.89. The summed E-state index contributed by atoms with van der Waals surface area (Å²) in [7, 11) is 0. The molecule has 106 valence electrons. The van der Waals surface area contributed by atoms with Crippen molar-refractivity contribution in [1.29, 1.82) is 0 Å². The van der Waals surface area contributed by atoms with E-state index in [4.69, 9.17) is 10.2 Å². The number of aliphatic hydroxyl groups is 2. The third-order valence-corrected chi connectivity index (χ3v) is 4.49. The molecule has 2 aliphatic rings. The van der Waals surface area contributed by atoms with Crippen LogP contribution in [0.1, 0.15) is 38.5 Å². The maximum atomic E-state index is 9.15. The van der Waals surface area contributed by atoms with Crippen LogP contribution in [0.3, 0.4) is 0 Å². The molecule has 4 nitrogen and oxygen atoms in total. The van der Waals surface area contributed by atoms with Crippen LogP contribution in [0.4, 0.5) is 0 Å². The quantitative estimate of drug-likeness (QED) is 0.651. The largest absolute Gasteiger partial charge is 0.396 e. The van der Waals surface area contributed by atoms with E-state index in [1.165, 1.54) is 25.7 Å². The van der Waals surface area contributed by atoms with E-state index in [0.29, 0.717) is 25.1 Å². The Morgan fingerprint density at radius 2 is 1.83 bits per heavy atom. The monoisotopic (exact) mass is 256 g/mol. The summed E-state index contributed by atoms with van der Waals surface area (Å²) in [6.45, 7) is 3.48. The summed E-state index contributed by atoms with van der Waals surface area (Å²) in [5.41, 5.74) is 0. The summed E-state index contributed by atoms with van der Waals surface area (Å²) in [5, 5.41) is 21.5. The molecule has 3 N–H and O–H groups in total. The molecule has 1 aliphatic heterocycles. The zero-order valence-electron chi connectivity index (χ0n) is 11.4. The first-order valence-corrected chi connectivity index (χ1v) is 7.52. The number of likely N-dealkylation sites (tertiary alicyclic amines) is 1. The minimum Gasteiger partial charge on any atom is -0.396 e. The first-order chi connectivity index (χ1) is 8.83. The summed E-state index contributed by atoms with van der Waals surface area (Å²) < 4.78 is 0. The highest BCUT2D eigenvalue weighted by Crippen LogP contribution is 2.29. The molecule has 1 saturated carbocycles. The zero-order chi connectivity index (χ0) is 12.8. The molecule has 0 radical (unpaired) electrons. The Labute approximate surface area is 110 Å². The van der Waals surface area contributed by atoms with Gasteiger partial charge in [-0.15, -0.1) is 0 Å². The van der Waals surface area contributed by atoms with Crippen molar-refractivity contribution in [3.8, 4) is 0 Å². The molecular formula is C14H28N2O2. The lowest BCUT2D eigenvalue weighted by atomic mass is 9.90. The molecule has 2 rings (SSSR count). The Balaban J connectivity index is 1.87. The molecule has 4 heteroatoms. The van der Waals surface area contributed by atoms with Gasteiger partial charge in [-0.1, -0.05) is 12.8 Å². The highest BCUT2D eigenvalue weighted by molar-refractivity contribution is 4.88. The van der Waals surface area contributed by atoms with Crippen molar-refractivity contribution < 1.29 is 10.2 Å². The molecule has 0 aromatic heterocycles. The SMILES string of the molecule is OCCNC1CC(CCO)CN(C2CCCC2)C1. The molecule has 1 heterocycles. The predicted octanol–water partition coefficient (Wildman–Crippen LogP) is 0.584. The summed E-state index contributed by atoms with van der Waals surface area (Å²) >= 11 is 0. The van der Waals surface area contributed by atoms with Gasteiger partial charge in [0, 0.05) is 38.3 Å². The van der Waals surface area contributed by atoms with Gasteiger partial charge < -0.3 is 15.5 Å². The molecule has 2 fully saturated rings. The molecule has 2 unspecified atom stereocenters. The van der Waals surface area contributed by atoms with Crippen LogP contribution in [0.25, 0.3) is 0 Å². The fourth-order valence-corrected chi connectivity index (χ4v) is 3.62. The topological polar surface area (TPSA) is 55.7 Å². The van der Waals surface area contributed by atoms with Gasteiger partial charge >= 0.3 is 0 Å². The zero-order valence-corrected chi connectivity index (χ0v) is 11.4. The van der Waals surface area contributed by atoms with E-state index in [0.717, 1.165) is 32.0 Å². The van der Waals surface area contributed by atoms with Gasteiger partial charge in [-0.2, -0.15) is 0 Å². The lowest BCUT2D eigenvalue weighted by Gasteiger charge is -2.41. The Bertz CT molecular complexity index is 232. The van der Waals surface area contributed by atoms with E-state index in [1.807, 2.05) is 0 Å². The van der Waals surface area contributed by atoms with Gasteiger partial charge in [-0.05, 0) is 31.6 Å². The number of hydrogen-bond donors (Lipinski definition) is 3. The second kappa shape index (κ2) is 7.43. The van der Waals surface area contributed by atoms with Crippen molar-refractivity contribution in [3.63, 3.8) is 0 Å². The minimum absolute atomic E-state index is 0.213. The van der Waals surface area contributed by atoms with Crippen molar-refractivity contribution in [1.82, 2.24) is 10.2 Å². The minimum atomic E-state index is 0.213. The number of nitrogens with zero attached hydrogens (tertiary/aromatic N) is 1. The van der Waals surface area contributed by atoms with Crippen LogP contribution in [0.2, 0.25) is 0 Å². The second-order valence-corrected chi connectivity index (χ2v) is 5.88. The molecule has 2 atom stereocenters. The molecular weight excluding hydrogens is 228 g/mol. The van der Waals surface area contributed by atoms with E-state index in [2.05, 4.69) is 10.2 Å². The highest BCUT2D eigenvalue weighted by atomic mass is 16.3. The molecule has 1 saturated heterocycles.